The summed E-state index contributed by atoms with van der Waals surface area (Å²) in [6.45, 7) is -0.429. The van der Waals surface area contributed by atoms with Crippen LogP contribution >= 0.6 is 12.6 Å². The molecular weight excluding hydrogens is 234 g/mol. The zero-order valence-corrected chi connectivity index (χ0v) is 9.85. The van der Waals surface area contributed by atoms with Crippen LogP contribution in [0.4, 0.5) is 0 Å². The summed E-state index contributed by atoms with van der Waals surface area (Å²) < 4.78 is 0. The summed E-state index contributed by atoms with van der Waals surface area (Å²) in [4.78, 5) is 21.0. The van der Waals surface area contributed by atoms with Crippen molar-refractivity contribution in [2.75, 3.05) is 19.4 Å². The van der Waals surface area contributed by atoms with Crippen molar-refractivity contribution in [2.24, 2.45) is 0 Å². The first-order valence-corrected chi connectivity index (χ1v) is 5.08. The molecule has 94 valence electrons. The van der Waals surface area contributed by atoms with E-state index < -0.39 is 24.5 Å². The molecule has 4 N–H and O–H groups in total. The van der Waals surface area contributed by atoms with Crippen molar-refractivity contribution in [3.8, 4) is 0 Å². The van der Waals surface area contributed by atoms with Crippen molar-refractivity contribution >= 4 is 24.5 Å². The molecule has 0 fully saturated rings. The Kier molecular flexibility index (Phi) is 13.0. The number of aliphatic hydroxyl groups is 2. The fraction of sp³-hybridized carbons (Fsp3) is 0.556. The topological polar surface area (TPSA) is 107 Å². The summed E-state index contributed by atoms with van der Waals surface area (Å²) in [7, 11) is 1.00. The minimum Gasteiger partial charge on any atom is -0.480 e. The summed E-state index contributed by atoms with van der Waals surface area (Å²) in [5.41, 5.74) is 0. The van der Waals surface area contributed by atoms with Gasteiger partial charge in [-0.05, 0) is 0 Å². The molecule has 7 heteroatoms. The Morgan fingerprint density at radius 2 is 2.00 bits per heavy atom. The quantitative estimate of drug-likeness (QED) is 0.308. The average molecular weight is 251 g/mol. The second kappa shape index (κ2) is 12.0. The van der Waals surface area contributed by atoms with Crippen LogP contribution in [0, 0.1) is 0 Å². The number of thiol groups is 1. The lowest BCUT2D eigenvalue weighted by molar-refractivity contribution is -0.138. The van der Waals surface area contributed by atoms with Gasteiger partial charge in [-0.15, -0.1) is 0 Å². The number of amides is 1. The molecule has 0 spiro atoms. The molecule has 0 bridgehead atoms. The number of hydrogen-bond acceptors (Lipinski definition) is 5. The number of aliphatic carboxylic acids is 1. The Hall–Kier alpha value is -1.05. The lowest BCUT2D eigenvalue weighted by atomic mass is 10.2. The standard InChI is InChI=1S/C8H13NO4S.CH4O/c10-6(2-1-3-14)4-7(11)9-5-8(12)13;1-2/h1-2,6,10,14H,3-5H2,(H,9,11)(H,12,13);2H,1H3/b2-1+;. The molecule has 0 aromatic heterocycles. The number of rotatable bonds is 6. The first-order chi connectivity index (χ1) is 7.56. The van der Waals surface area contributed by atoms with E-state index in [0.29, 0.717) is 5.75 Å². The van der Waals surface area contributed by atoms with Crippen LogP contribution < -0.4 is 5.32 Å². The molecule has 0 saturated heterocycles. The Balaban J connectivity index is 0. The number of hydrogen-bond donors (Lipinski definition) is 5. The number of nitrogens with one attached hydrogen (secondary N) is 1. The fourth-order valence-corrected chi connectivity index (χ4v) is 0.844. The molecule has 1 atom stereocenters. The minimum atomic E-state index is -1.11. The van der Waals surface area contributed by atoms with Gasteiger partial charge in [0.2, 0.25) is 5.91 Å². The van der Waals surface area contributed by atoms with E-state index in [9.17, 15) is 14.7 Å². The van der Waals surface area contributed by atoms with E-state index in [1.165, 1.54) is 6.08 Å². The highest BCUT2D eigenvalue weighted by Gasteiger charge is 2.08. The van der Waals surface area contributed by atoms with Crippen LogP contribution in [0.25, 0.3) is 0 Å². The van der Waals surface area contributed by atoms with E-state index in [1.54, 1.807) is 6.08 Å². The molecule has 0 aliphatic carbocycles. The maximum Gasteiger partial charge on any atom is 0.322 e. The van der Waals surface area contributed by atoms with Gasteiger partial charge in [0.25, 0.3) is 0 Å². The van der Waals surface area contributed by atoms with Crippen LogP contribution in [-0.2, 0) is 9.59 Å². The highest BCUT2D eigenvalue weighted by molar-refractivity contribution is 7.80. The fourth-order valence-electron chi connectivity index (χ4n) is 0.722. The van der Waals surface area contributed by atoms with Gasteiger partial charge in [-0.2, -0.15) is 12.6 Å². The van der Waals surface area contributed by atoms with E-state index in [1.807, 2.05) is 0 Å². The second-order valence-electron chi connectivity index (χ2n) is 2.55. The van der Waals surface area contributed by atoms with Gasteiger partial charge in [0.05, 0.1) is 12.5 Å². The third kappa shape index (κ3) is 12.9. The van der Waals surface area contributed by atoms with Crippen LogP contribution in [0.15, 0.2) is 12.2 Å². The van der Waals surface area contributed by atoms with Gasteiger partial charge >= 0.3 is 5.97 Å². The first kappa shape index (κ1) is 17.3. The first-order valence-electron chi connectivity index (χ1n) is 4.45. The summed E-state index contributed by atoms with van der Waals surface area (Å²) in [5, 5.41) is 26.6. The SMILES string of the molecule is CO.O=C(O)CNC(=O)CC(O)/C=C/CS. The van der Waals surface area contributed by atoms with Crippen molar-refractivity contribution in [2.45, 2.75) is 12.5 Å². The molecule has 0 heterocycles. The molecule has 1 amide bonds. The molecule has 0 radical (unpaired) electrons. The van der Waals surface area contributed by atoms with E-state index >= 15 is 0 Å². The van der Waals surface area contributed by atoms with Crippen molar-refractivity contribution in [1.29, 1.82) is 0 Å². The highest BCUT2D eigenvalue weighted by Crippen LogP contribution is 1.94. The molecular formula is C9H17NO5S. The predicted octanol–water partition coefficient (Wildman–Crippen LogP) is -0.967. The Morgan fingerprint density at radius 1 is 1.44 bits per heavy atom. The number of carbonyl (C=O) groups excluding carboxylic acids is 1. The van der Waals surface area contributed by atoms with Crippen LogP contribution in [0.5, 0.6) is 0 Å². The summed E-state index contributed by atoms with van der Waals surface area (Å²) in [6, 6.07) is 0. The normalized spacial score (nSPS) is 11.5. The Bertz CT molecular complexity index is 232. The smallest absolute Gasteiger partial charge is 0.322 e. The molecule has 0 saturated carbocycles. The molecule has 0 aromatic rings. The predicted molar refractivity (Wildman–Crippen MR) is 62.4 cm³/mol. The van der Waals surface area contributed by atoms with Gasteiger partial charge in [0.1, 0.15) is 6.54 Å². The van der Waals surface area contributed by atoms with Crippen molar-refractivity contribution in [3.63, 3.8) is 0 Å². The lowest BCUT2D eigenvalue weighted by Gasteiger charge is -2.04. The zero-order valence-electron chi connectivity index (χ0n) is 8.96. The maximum absolute atomic E-state index is 10.9. The van der Waals surface area contributed by atoms with Crippen LogP contribution in [0.3, 0.4) is 0 Å². The summed E-state index contributed by atoms with van der Waals surface area (Å²) in [6.07, 6.45) is 2.01. The number of carboxylic acid groups (broad SMARTS) is 1. The van der Waals surface area contributed by atoms with E-state index in [-0.39, 0.29) is 6.42 Å². The van der Waals surface area contributed by atoms with Crippen LogP contribution in [0.1, 0.15) is 6.42 Å². The molecule has 0 rings (SSSR count). The number of carboxylic acids is 1. The molecule has 16 heavy (non-hydrogen) atoms. The molecule has 0 aliphatic heterocycles. The maximum atomic E-state index is 10.9. The third-order valence-electron chi connectivity index (χ3n) is 1.29. The lowest BCUT2D eigenvalue weighted by Crippen LogP contribution is -2.31. The third-order valence-corrected chi connectivity index (χ3v) is 1.51. The van der Waals surface area contributed by atoms with Gasteiger partial charge in [0.15, 0.2) is 0 Å². The van der Waals surface area contributed by atoms with Gasteiger partial charge in [-0.3, -0.25) is 9.59 Å². The Morgan fingerprint density at radius 3 is 2.44 bits per heavy atom. The van der Waals surface area contributed by atoms with Gasteiger partial charge < -0.3 is 20.6 Å². The molecule has 0 aliphatic rings. The number of aliphatic hydroxyl groups excluding tert-OH is 2. The van der Waals surface area contributed by atoms with Gasteiger partial charge in [0, 0.05) is 12.9 Å². The average Bonchev–Trinajstić information content (AvgIpc) is 2.26. The number of carbonyl (C=O) groups is 2. The largest absolute Gasteiger partial charge is 0.480 e. The van der Waals surface area contributed by atoms with Crippen LogP contribution in [0.2, 0.25) is 0 Å². The second-order valence-corrected chi connectivity index (χ2v) is 2.92. The molecule has 1 unspecified atom stereocenters. The van der Waals surface area contributed by atoms with Crippen LogP contribution in [-0.4, -0.2) is 52.7 Å². The van der Waals surface area contributed by atoms with E-state index in [2.05, 4.69) is 17.9 Å². The van der Waals surface area contributed by atoms with E-state index in [4.69, 9.17) is 10.2 Å². The van der Waals surface area contributed by atoms with Gasteiger partial charge in [-0.25, -0.2) is 0 Å². The molecule has 6 nitrogen and oxygen atoms in total. The van der Waals surface area contributed by atoms with Crippen molar-refractivity contribution in [3.05, 3.63) is 12.2 Å². The van der Waals surface area contributed by atoms with Crippen molar-refractivity contribution < 1.29 is 24.9 Å². The monoisotopic (exact) mass is 251 g/mol. The summed E-state index contributed by atoms with van der Waals surface area (Å²) >= 11 is 3.88. The van der Waals surface area contributed by atoms with Crippen molar-refractivity contribution in [1.82, 2.24) is 5.32 Å². The van der Waals surface area contributed by atoms with Gasteiger partial charge in [-0.1, -0.05) is 12.2 Å². The molecule has 0 aromatic carbocycles. The highest BCUT2D eigenvalue weighted by atomic mass is 32.1. The van der Waals surface area contributed by atoms with E-state index in [0.717, 1.165) is 7.11 Å². The summed E-state index contributed by atoms with van der Waals surface area (Å²) in [5.74, 6) is -1.13. The Labute approximate surface area is 99.4 Å². The minimum absolute atomic E-state index is 0.141. The zero-order chi connectivity index (χ0) is 13.0.